The summed E-state index contributed by atoms with van der Waals surface area (Å²) in [7, 11) is 1.67. The smallest absolute Gasteiger partial charge is 0.313 e. The molecule has 4 heteroatoms. The van der Waals surface area contributed by atoms with E-state index in [1.54, 1.807) is 7.11 Å². The Morgan fingerprint density at radius 1 is 1.14 bits per heavy atom. The van der Waals surface area contributed by atoms with Crippen molar-refractivity contribution in [2.24, 2.45) is 11.3 Å². The van der Waals surface area contributed by atoms with Gasteiger partial charge in [0.15, 0.2) is 0 Å². The molecule has 0 spiro atoms. The molecular formula is C24H26O4. The third-order valence-corrected chi connectivity index (χ3v) is 5.94. The molecule has 0 bridgehead atoms. The van der Waals surface area contributed by atoms with E-state index >= 15 is 0 Å². The number of rotatable bonds is 7. The van der Waals surface area contributed by atoms with E-state index in [4.69, 9.17) is 14.2 Å². The zero-order valence-corrected chi connectivity index (χ0v) is 16.3. The van der Waals surface area contributed by atoms with Gasteiger partial charge in [-0.15, -0.1) is 0 Å². The van der Waals surface area contributed by atoms with Crippen LogP contribution < -0.4 is 9.47 Å². The molecule has 2 aromatic carbocycles. The van der Waals surface area contributed by atoms with Crippen LogP contribution in [0.15, 0.2) is 60.7 Å². The summed E-state index contributed by atoms with van der Waals surface area (Å²) in [4.78, 5) is 12.4. The number of methoxy groups -OCH3 is 1. The summed E-state index contributed by atoms with van der Waals surface area (Å²) in [6.45, 7) is 5.24. The van der Waals surface area contributed by atoms with Crippen LogP contribution in [0.2, 0.25) is 0 Å². The number of cyclic esters (lactones) is 1. The Hall–Kier alpha value is -2.75. The molecule has 2 aromatic rings. The van der Waals surface area contributed by atoms with Gasteiger partial charge in [-0.1, -0.05) is 36.4 Å². The largest absolute Gasteiger partial charge is 0.497 e. The van der Waals surface area contributed by atoms with E-state index in [-0.39, 0.29) is 11.9 Å². The van der Waals surface area contributed by atoms with Crippen LogP contribution in [-0.4, -0.2) is 26.3 Å². The minimum Gasteiger partial charge on any atom is -0.497 e. The maximum atomic E-state index is 12.4. The number of hydrogen-bond donors (Lipinski definition) is 0. The summed E-state index contributed by atoms with van der Waals surface area (Å²) in [6.07, 6.45) is 3.17. The van der Waals surface area contributed by atoms with Crippen LogP contribution in [0.4, 0.5) is 0 Å². The van der Waals surface area contributed by atoms with Gasteiger partial charge in [0.25, 0.3) is 0 Å². The minimum absolute atomic E-state index is 0.0604. The third kappa shape index (κ3) is 3.64. The number of benzene rings is 2. The molecule has 146 valence electrons. The number of hydrogen-bond acceptors (Lipinski definition) is 4. The van der Waals surface area contributed by atoms with E-state index in [0.717, 1.165) is 36.3 Å². The van der Waals surface area contributed by atoms with E-state index in [9.17, 15) is 4.79 Å². The van der Waals surface area contributed by atoms with Crippen molar-refractivity contribution in [1.82, 2.24) is 0 Å². The second kappa shape index (κ2) is 7.70. The molecule has 2 fully saturated rings. The summed E-state index contributed by atoms with van der Waals surface area (Å²) in [5, 5.41) is 0. The first kappa shape index (κ1) is 18.6. The molecule has 1 aliphatic carbocycles. The van der Waals surface area contributed by atoms with E-state index < -0.39 is 5.41 Å². The fourth-order valence-corrected chi connectivity index (χ4v) is 4.45. The van der Waals surface area contributed by atoms with Crippen molar-refractivity contribution in [3.63, 3.8) is 0 Å². The lowest BCUT2D eigenvalue weighted by Crippen LogP contribution is -2.31. The number of esters is 1. The van der Waals surface area contributed by atoms with Crippen LogP contribution >= 0.6 is 0 Å². The monoisotopic (exact) mass is 378 g/mol. The molecule has 4 rings (SSSR count). The van der Waals surface area contributed by atoms with Crippen LogP contribution in [0.3, 0.4) is 0 Å². The Bertz CT molecular complexity index is 870. The fourth-order valence-electron chi connectivity index (χ4n) is 4.45. The van der Waals surface area contributed by atoms with Gasteiger partial charge in [-0.2, -0.15) is 0 Å². The molecule has 2 unspecified atom stereocenters. The maximum Gasteiger partial charge on any atom is 0.313 e. The van der Waals surface area contributed by atoms with E-state index in [0.29, 0.717) is 19.6 Å². The van der Waals surface area contributed by atoms with Gasteiger partial charge in [-0.25, -0.2) is 0 Å². The van der Waals surface area contributed by atoms with Gasteiger partial charge in [0.1, 0.15) is 11.5 Å². The predicted molar refractivity (Wildman–Crippen MR) is 108 cm³/mol. The summed E-state index contributed by atoms with van der Waals surface area (Å²) >= 11 is 0. The molecule has 1 saturated heterocycles. The van der Waals surface area contributed by atoms with E-state index in [2.05, 4.69) is 24.8 Å². The fraction of sp³-hybridized carbons (Fsp3) is 0.375. The highest BCUT2D eigenvalue weighted by Gasteiger charge is 2.55. The van der Waals surface area contributed by atoms with Crippen molar-refractivity contribution in [1.29, 1.82) is 0 Å². The molecular weight excluding hydrogens is 352 g/mol. The van der Waals surface area contributed by atoms with Crippen molar-refractivity contribution in [2.45, 2.75) is 25.7 Å². The highest BCUT2D eigenvalue weighted by Crippen LogP contribution is 2.52. The standard InChI is InChI=1S/C24H26O4/c1-17-12-20-16-28-23(25)24(20,14-17)15-19-6-8-21(9-7-19)27-11-10-18-4-3-5-22(13-18)26-2/h3-9,13,20H,1,10-12,14-16H2,2H3. The average molecular weight is 378 g/mol. The van der Waals surface area contributed by atoms with Gasteiger partial charge in [0, 0.05) is 12.3 Å². The number of carbonyl (C=O) groups excluding carboxylic acids is 1. The number of fused-ring (bicyclic) bond motifs is 1. The highest BCUT2D eigenvalue weighted by atomic mass is 16.5. The van der Waals surface area contributed by atoms with Crippen LogP contribution in [-0.2, 0) is 22.4 Å². The van der Waals surface area contributed by atoms with Crippen molar-refractivity contribution >= 4 is 5.97 Å². The number of ether oxygens (including phenoxy) is 3. The summed E-state index contributed by atoms with van der Waals surface area (Å²) in [5.41, 5.74) is 3.08. The molecule has 28 heavy (non-hydrogen) atoms. The van der Waals surface area contributed by atoms with Crippen molar-refractivity contribution < 1.29 is 19.0 Å². The van der Waals surface area contributed by atoms with Gasteiger partial charge in [0.05, 0.1) is 25.7 Å². The van der Waals surface area contributed by atoms with Gasteiger partial charge in [-0.3, -0.25) is 4.79 Å². The molecule has 2 atom stereocenters. The molecule has 0 radical (unpaired) electrons. The first-order valence-electron chi connectivity index (χ1n) is 9.77. The average Bonchev–Trinajstić information content (AvgIpc) is 3.17. The van der Waals surface area contributed by atoms with Crippen molar-refractivity contribution in [3.8, 4) is 11.5 Å². The van der Waals surface area contributed by atoms with Crippen LogP contribution in [0.25, 0.3) is 0 Å². The molecule has 0 amide bonds. The Labute approximate surface area is 166 Å². The quantitative estimate of drug-likeness (QED) is 0.530. The van der Waals surface area contributed by atoms with Crippen molar-refractivity contribution in [3.05, 3.63) is 71.8 Å². The summed E-state index contributed by atoms with van der Waals surface area (Å²) in [5.74, 6) is 1.91. The van der Waals surface area contributed by atoms with E-state index in [1.807, 2.05) is 30.3 Å². The molecule has 0 N–H and O–H groups in total. The molecule has 4 nitrogen and oxygen atoms in total. The first-order valence-corrected chi connectivity index (χ1v) is 9.77. The van der Waals surface area contributed by atoms with Crippen LogP contribution in [0.5, 0.6) is 11.5 Å². The highest BCUT2D eigenvalue weighted by molar-refractivity contribution is 5.81. The van der Waals surface area contributed by atoms with Gasteiger partial charge >= 0.3 is 5.97 Å². The van der Waals surface area contributed by atoms with Gasteiger partial charge < -0.3 is 14.2 Å². The topological polar surface area (TPSA) is 44.8 Å². The molecule has 0 aromatic heterocycles. The SMILES string of the molecule is C=C1CC2COC(=O)C2(Cc2ccc(OCCc3cccc(OC)c3)cc2)C1. The van der Waals surface area contributed by atoms with Gasteiger partial charge in [-0.05, 0) is 54.7 Å². The summed E-state index contributed by atoms with van der Waals surface area (Å²) < 4.78 is 16.5. The lowest BCUT2D eigenvalue weighted by atomic mass is 9.75. The Kier molecular flexibility index (Phi) is 5.12. The number of allylic oxidation sites excluding steroid dienone is 1. The summed E-state index contributed by atoms with van der Waals surface area (Å²) in [6, 6.07) is 16.1. The van der Waals surface area contributed by atoms with E-state index in [1.165, 1.54) is 11.1 Å². The third-order valence-electron chi connectivity index (χ3n) is 5.94. The zero-order chi connectivity index (χ0) is 19.6. The van der Waals surface area contributed by atoms with Crippen LogP contribution in [0.1, 0.15) is 24.0 Å². The van der Waals surface area contributed by atoms with Gasteiger partial charge in [0.2, 0.25) is 0 Å². The Morgan fingerprint density at radius 3 is 2.75 bits per heavy atom. The van der Waals surface area contributed by atoms with Crippen LogP contribution in [0, 0.1) is 11.3 Å². The first-order chi connectivity index (χ1) is 13.6. The number of carbonyl (C=O) groups is 1. The lowest BCUT2D eigenvalue weighted by molar-refractivity contribution is -0.146. The molecule has 1 heterocycles. The minimum atomic E-state index is -0.411. The normalized spacial score (nSPS) is 23.4. The predicted octanol–water partition coefficient (Wildman–Crippen LogP) is 4.37. The molecule has 1 saturated carbocycles. The molecule has 2 aliphatic rings. The second-order valence-electron chi connectivity index (χ2n) is 7.85. The Balaban J connectivity index is 1.35. The second-order valence-corrected chi connectivity index (χ2v) is 7.85. The maximum absolute atomic E-state index is 12.4. The zero-order valence-electron chi connectivity index (χ0n) is 16.3. The molecule has 1 aliphatic heterocycles. The van der Waals surface area contributed by atoms with Crippen molar-refractivity contribution in [2.75, 3.05) is 20.3 Å². The lowest BCUT2D eigenvalue weighted by Gasteiger charge is -2.24. The Morgan fingerprint density at radius 2 is 1.96 bits per heavy atom.